The Balaban J connectivity index is 0.000000640. The van der Waals surface area contributed by atoms with Crippen LogP contribution in [0.4, 0.5) is 0 Å². The first-order chi connectivity index (χ1) is 3.60. The normalized spacial score (nSPS) is 37.3. The predicted octanol–water partition coefficient (Wildman–Crippen LogP) is 1.82. The standard InChI is InChI=1S/C5H9Cl2N.ClH/c1-3-4(8-2)5(3,6)7;/h3-4,8H,1-2H3;1H. The van der Waals surface area contributed by atoms with Crippen LogP contribution in [0.25, 0.3) is 0 Å². The van der Waals surface area contributed by atoms with Crippen LogP contribution in [0.3, 0.4) is 0 Å². The molecule has 0 spiro atoms. The fourth-order valence-corrected chi connectivity index (χ4v) is 1.64. The second kappa shape index (κ2) is 2.83. The first-order valence-electron chi connectivity index (χ1n) is 2.65. The average Bonchev–Trinajstić information content (AvgIpc) is 2.09. The Morgan fingerprint density at radius 1 is 1.44 bits per heavy atom. The molecule has 1 fully saturated rings. The van der Waals surface area contributed by atoms with Crippen molar-refractivity contribution < 1.29 is 0 Å². The number of hydrogen-bond donors (Lipinski definition) is 1. The molecule has 2 unspecified atom stereocenters. The molecule has 0 saturated heterocycles. The Hall–Kier alpha value is 0.830. The molecule has 9 heavy (non-hydrogen) atoms. The maximum atomic E-state index is 5.76. The van der Waals surface area contributed by atoms with E-state index in [0.717, 1.165) is 0 Å². The molecule has 0 aliphatic heterocycles. The first-order valence-corrected chi connectivity index (χ1v) is 3.41. The minimum atomic E-state index is -0.491. The van der Waals surface area contributed by atoms with E-state index < -0.39 is 4.33 Å². The second-order valence-electron chi connectivity index (χ2n) is 2.23. The smallest absolute Gasteiger partial charge is 0.137 e. The van der Waals surface area contributed by atoms with Gasteiger partial charge in [0.1, 0.15) is 4.33 Å². The van der Waals surface area contributed by atoms with Crippen molar-refractivity contribution in [3.8, 4) is 0 Å². The molecular weight excluding hydrogens is 180 g/mol. The summed E-state index contributed by atoms with van der Waals surface area (Å²) in [5, 5.41) is 3.02. The molecule has 1 nitrogen and oxygen atoms in total. The lowest BCUT2D eigenvalue weighted by atomic mass is 10.5. The molecule has 1 aliphatic rings. The van der Waals surface area contributed by atoms with Crippen LogP contribution in [-0.2, 0) is 0 Å². The van der Waals surface area contributed by atoms with Crippen LogP contribution in [0.1, 0.15) is 6.92 Å². The Kier molecular flexibility index (Phi) is 3.09. The second-order valence-corrected chi connectivity index (χ2v) is 3.67. The van der Waals surface area contributed by atoms with Crippen molar-refractivity contribution in [2.75, 3.05) is 7.05 Å². The van der Waals surface area contributed by atoms with Crippen molar-refractivity contribution >= 4 is 35.6 Å². The minimum absolute atomic E-state index is 0. The topological polar surface area (TPSA) is 12.0 Å². The largest absolute Gasteiger partial charge is 0.314 e. The Labute approximate surface area is 71.5 Å². The molecule has 0 aromatic heterocycles. The summed E-state index contributed by atoms with van der Waals surface area (Å²) in [6.45, 7) is 2.03. The van der Waals surface area contributed by atoms with Crippen molar-refractivity contribution in [3.05, 3.63) is 0 Å². The lowest BCUT2D eigenvalue weighted by Gasteiger charge is -1.92. The minimum Gasteiger partial charge on any atom is -0.314 e. The third kappa shape index (κ3) is 1.45. The van der Waals surface area contributed by atoms with Gasteiger partial charge in [0.05, 0.1) is 0 Å². The van der Waals surface area contributed by atoms with E-state index in [1.165, 1.54) is 0 Å². The highest BCUT2D eigenvalue weighted by molar-refractivity contribution is 6.51. The number of hydrogen-bond acceptors (Lipinski definition) is 1. The number of halogens is 3. The van der Waals surface area contributed by atoms with Crippen LogP contribution >= 0.6 is 35.6 Å². The Morgan fingerprint density at radius 3 is 1.78 bits per heavy atom. The van der Waals surface area contributed by atoms with Gasteiger partial charge in [-0.15, -0.1) is 12.4 Å². The summed E-state index contributed by atoms with van der Waals surface area (Å²) in [4.78, 5) is 0. The SMILES string of the molecule is CNC1C(C)C1(Cl)Cl.Cl. The van der Waals surface area contributed by atoms with Crippen LogP contribution in [-0.4, -0.2) is 17.4 Å². The van der Waals surface area contributed by atoms with E-state index >= 15 is 0 Å². The lowest BCUT2D eigenvalue weighted by Crippen LogP contribution is -2.14. The predicted molar refractivity (Wildman–Crippen MR) is 43.7 cm³/mol. The van der Waals surface area contributed by atoms with Crippen LogP contribution < -0.4 is 5.32 Å². The van der Waals surface area contributed by atoms with E-state index in [-0.39, 0.29) is 12.4 Å². The van der Waals surface area contributed by atoms with Crippen molar-refractivity contribution in [1.29, 1.82) is 0 Å². The molecular formula is C5H10Cl3N. The Morgan fingerprint density at radius 2 is 1.78 bits per heavy atom. The van der Waals surface area contributed by atoms with Gasteiger partial charge in [-0.2, -0.15) is 0 Å². The fraction of sp³-hybridized carbons (Fsp3) is 1.00. The van der Waals surface area contributed by atoms with E-state index in [1.54, 1.807) is 0 Å². The summed E-state index contributed by atoms with van der Waals surface area (Å²) in [5.41, 5.74) is 0. The van der Waals surface area contributed by atoms with E-state index in [0.29, 0.717) is 12.0 Å². The van der Waals surface area contributed by atoms with Gasteiger partial charge < -0.3 is 5.32 Å². The summed E-state index contributed by atoms with van der Waals surface area (Å²) in [7, 11) is 1.87. The van der Waals surface area contributed by atoms with Crippen LogP contribution in [0.15, 0.2) is 0 Å². The maximum Gasteiger partial charge on any atom is 0.137 e. The highest BCUT2D eigenvalue weighted by Crippen LogP contribution is 2.52. The van der Waals surface area contributed by atoms with Crippen molar-refractivity contribution in [3.63, 3.8) is 0 Å². The van der Waals surface area contributed by atoms with Crippen molar-refractivity contribution in [2.45, 2.75) is 17.3 Å². The first kappa shape index (κ1) is 9.83. The molecule has 56 valence electrons. The monoisotopic (exact) mass is 189 g/mol. The van der Waals surface area contributed by atoms with Gasteiger partial charge in [0.15, 0.2) is 0 Å². The van der Waals surface area contributed by atoms with Gasteiger partial charge in [-0.05, 0) is 7.05 Å². The summed E-state index contributed by atoms with van der Waals surface area (Å²) < 4.78 is -0.491. The molecule has 4 heteroatoms. The lowest BCUT2D eigenvalue weighted by molar-refractivity contribution is 0.746. The summed E-state index contributed by atoms with van der Waals surface area (Å²) >= 11 is 11.5. The van der Waals surface area contributed by atoms with Gasteiger partial charge in [-0.25, -0.2) is 0 Å². The molecule has 1 N–H and O–H groups in total. The fourth-order valence-electron chi connectivity index (χ4n) is 0.922. The Bertz CT molecular complexity index is 104. The third-order valence-electron chi connectivity index (χ3n) is 1.72. The van der Waals surface area contributed by atoms with Gasteiger partial charge in [0, 0.05) is 12.0 Å². The molecule has 1 rings (SSSR count). The zero-order chi connectivity index (χ0) is 6.36. The molecule has 0 aromatic carbocycles. The van der Waals surface area contributed by atoms with E-state index in [4.69, 9.17) is 23.2 Å². The zero-order valence-corrected chi connectivity index (χ0v) is 7.65. The number of rotatable bonds is 1. The summed E-state index contributed by atoms with van der Waals surface area (Å²) in [6.07, 6.45) is 0. The zero-order valence-electron chi connectivity index (χ0n) is 5.32. The molecule has 2 atom stereocenters. The van der Waals surface area contributed by atoms with Gasteiger partial charge in [-0.1, -0.05) is 30.1 Å². The van der Waals surface area contributed by atoms with Crippen LogP contribution in [0.5, 0.6) is 0 Å². The summed E-state index contributed by atoms with van der Waals surface area (Å²) in [6, 6.07) is 0.297. The van der Waals surface area contributed by atoms with Gasteiger partial charge in [-0.3, -0.25) is 0 Å². The highest BCUT2D eigenvalue weighted by atomic mass is 35.5. The molecule has 0 bridgehead atoms. The van der Waals surface area contributed by atoms with Gasteiger partial charge in [0.25, 0.3) is 0 Å². The van der Waals surface area contributed by atoms with Crippen molar-refractivity contribution in [2.24, 2.45) is 5.92 Å². The van der Waals surface area contributed by atoms with Gasteiger partial charge >= 0.3 is 0 Å². The van der Waals surface area contributed by atoms with E-state index in [2.05, 4.69) is 5.32 Å². The van der Waals surface area contributed by atoms with Crippen LogP contribution in [0.2, 0.25) is 0 Å². The molecule has 0 radical (unpaired) electrons. The van der Waals surface area contributed by atoms with Crippen LogP contribution in [0, 0.1) is 5.92 Å². The number of alkyl halides is 2. The molecule has 0 aromatic rings. The maximum absolute atomic E-state index is 5.76. The summed E-state index contributed by atoms with van der Waals surface area (Å²) in [5.74, 6) is 0.399. The average molecular weight is 191 g/mol. The van der Waals surface area contributed by atoms with E-state index in [9.17, 15) is 0 Å². The quantitative estimate of drug-likeness (QED) is 0.622. The number of nitrogens with one attached hydrogen (secondary N) is 1. The molecule has 1 saturated carbocycles. The highest BCUT2D eigenvalue weighted by Gasteiger charge is 2.59. The van der Waals surface area contributed by atoms with Gasteiger partial charge in [0.2, 0.25) is 0 Å². The van der Waals surface area contributed by atoms with E-state index in [1.807, 2.05) is 14.0 Å². The molecule has 0 amide bonds. The molecule has 0 heterocycles. The van der Waals surface area contributed by atoms with Crippen molar-refractivity contribution in [1.82, 2.24) is 5.32 Å². The molecule has 1 aliphatic carbocycles. The third-order valence-corrected chi connectivity index (χ3v) is 2.88.